The smallest absolute Gasteiger partial charge is 0.357 e. The number of benzene rings is 1. The molecular formula is C21H26N2O4. The molecule has 2 rings (SSSR count). The summed E-state index contributed by atoms with van der Waals surface area (Å²) in [6.45, 7) is 9.77. The molecule has 0 unspecified atom stereocenters. The number of carbonyl (C=O) groups excluding carboxylic acids is 2. The van der Waals surface area contributed by atoms with Crippen molar-refractivity contribution in [2.24, 2.45) is 0 Å². The van der Waals surface area contributed by atoms with Crippen LogP contribution in [0.3, 0.4) is 0 Å². The van der Waals surface area contributed by atoms with Crippen molar-refractivity contribution < 1.29 is 19.1 Å². The first-order valence-corrected chi connectivity index (χ1v) is 9.16. The van der Waals surface area contributed by atoms with Crippen molar-refractivity contribution in [3.05, 3.63) is 58.9 Å². The molecule has 144 valence electrons. The van der Waals surface area contributed by atoms with Crippen LogP contribution in [0.5, 0.6) is 0 Å². The number of rotatable bonds is 8. The molecule has 0 saturated carbocycles. The second-order valence-corrected chi connectivity index (χ2v) is 5.93. The monoisotopic (exact) mass is 370 g/mol. The number of esters is 2. The fourth-order valence-corrected chi connectivity index (χ4v) is 2.82. The lowest BCUT2D eigenvalue weighted by molar-refractivity contribution is 0.0461. The lowest BCUT2D eigenvalue weighted by Gasteiger charge is -2.24. The van der Waals surface area contributed by atoms with Crippen molar-refractivity contribution in [2.45, 2.75) is 34.3 Å². The second-order valence-electron chi connectivity index (χ2n) is 5.93. The average Bonchev–Trinajstić information content (AvgIpc) is 2.68. The number of pyridine rings is 1. The number of aromatic nitrogens is 1. The topological polar surface area (TPSA) is 68.7 Å². The van der Waals surface area contributed by atoms with E-state index in [9.17, 15) is 9.59 Å². The van der Waals surface area contributed by atoms with Gasteiger partial charge in [-0.05, 0) is 45.9 Å². The van der Waals surface area contributed by atoms with E-state index in [4.69, 9.17) is 9.47 Å². The van der Waals surface area contributed by atoms with E-state index >= 15 is 0 Å². The van der Waals surface area contributed by atoms with Crippen LogP contribution in [0.2, 0.25) is 0 Å². The van der Waals surface area contributed by atoms with Crippen LogP contribution in [0.1, 0.15) is 52.9 Å². The maximum atomic E-state index is 12.4. The zero-order valence-electron chi connectivity index (χ0n) is 16.3. The van der Waals surface area contributed by atoms with E-state index in [0.717, 1.165) is 24.3 Å². The summed E-state index contributed by atoms with van der Waals surface area (Å²) in [7, 11) is 0. The molecule has 0 aliphatic heterocycles. The van der Waals surface area contributed by atoms with E-state index in [1.807, 2.05) is 24.3 Å². The average molecular weight is 370 g/mol. The van der Waals surface area contributed by atoms with E-state index in [1.165, 1.54) is 6.07 Å². The molecule has 0 atom stereocenters. The Kier molecular flexibility index (Phi) is 7.34. The third kappa shape index (κ3) is 5.06. The molecule has 0 bridgehead atoms. The van der Waals surface area contributed by atoms with Gasteiger partial charge >= 0.3 is 11.9 Å². The van der Waals surface area contributed by atoms with Gasteiger partial charge in [-0.1, -0.05) is 18.2 Å². The zero-order valence-corrected chi connectivity index (χ0v) is 16.3. The van der Waals surface area contributed by atoms with Crippen molar-refractivity contribution in [2.75, 3.05) is 24.6 Å². The minimum Gasteiger partial charge on any atom is -0.462 e. The molecule has 6 heteroatoms. The maximum absolute atomic E-state index is 12.4. The van der Waals surface area contributed by atoms with Gasteiger partial charge in [-0.2, -0.15) is 0 Å². The van der Waals surface area contributed by atoms with Gasteiger partial charge in [0.1, 0.15) is 12.3 Å². The standard InChI is InChI=1S/C21H26N2O4/c1-5-23(6-2)19-11-9-8-10-16(19)14-27-21(25)18-13-12-17(15(4)22-18)20(24)26-7-3/h8-13H,5-7,14H2,1-4H3. The quantitative estimate of drug-likeness (QED) is 0.659. The summed E-state index contributed by atoms with van der Waals surface area (Å²) in [5.41, 5.74) is 2.94. The lowest BCUT2D eigenvalue weighted by atomic mass is 10.1. The number of hydrogen-bond acceptors (Lipinski definition) is 6. The number of nitrogens with zero attached hydrogens (tertiary/aromatic N) is 2. The van der Waals surface area contributed by atoms with E-state index in [0.29, 0.717) is 11.3 Å². The number of anilines is 1. The number of carbonyl (C=O) groups is 2. The van der Waals surface area contributed by atoms with E-state index < -0.39 is 11.9 Å². The van der Waals surface area contributed by atoms with Gasteiger partial charge in [0.2, 0.25) is 0 Å². The predicted molar refractivity (Wildman–Crippen MR) is 104 cm³/mol. The molecule has 0 saturated heterocycles. The highest BCUT2D eigenvalue weighted by Gasteiger charge is 2.16. The lowest BCUT2D eigenvalue weighted by Crippen LogP contribution is -2.23. The van der Waals surface area contributed by atoms with Crippen molar-refractivity contribution >= 4 is 17.6 Å². The summed E-state index contributed by atoms with van der Waals surface area (Å²) >= 11 is 0. The van der Waals surface area contributed by atoms with Crippen LogP contribution >= 0.6 is 0 Å². The van der Waals surface area contributed by atoms with Gasteiger partial charge in [0, 0.05) is 24.3 Å². The first-order chi connectivity index (χ1) is 13.0. The largest absolute Gasteiger partial charge is 0.462 e. The molecule has 0 amide bonds. The Morgan fingerprint density at radius 2 is 1.67 bits per heavy atom. The molecule has 0 aliphatic rings. The van der Waals surface area contributed by atoms with Crippen molar-refractivity contribution in [3.63, 3.8) is 0 Å². The Hall–Kier alpha value is -2.89. The second kappa shape index (κ2) is 9.71. The van der Waals surface area contributed by atoms with Gasteiger partial charge < -0.3 is 14.4 Å². The van der Waals surface area contributed by atoms with Gasteiger partial charge in [-0.15, -0.1) is 0 Å². The molecule has 6 nitrogen and oxygen atoms in total. The number of hydrogen-bond donors (Lipinski definition) is 0. The molecule has 0 radical (unpaired) electrons. The zero-order chi connectivity index (χ0) is 19.8. The van der Waals surface area contributed by atoms with E-state index in [2.05, 4.69) is 23.7 Å². The number of para-hydroxylation sites is 1. The highest BCUT2D eigenvalue weighted by Crippen LogP contribution is 2.21. The Bertz CT molecular complexity index is 801. The van der Waals surface area contributed by atoms with Crippen molar-refractivity contribution in [1.29, 1.82) is 0 Å². The van der Waals surface area contributed by atoms with Gasteiger partial charge in [-0.25, -0.2) is 14.6 Å². The maximum Gasteiger partial charge on any atom is 0.357 e. The number of aryl methyl sites for hydroxylation is 1. The Balaban J connectivity index is 2.11. The van der Waals surface area contributed by atoms with Crippen LogP contribution in [0, 0.1) is 6.92 Å². The first-order valence-electron chi connectivity index (χ1n) is 9.16. The molecule has 1 aromatic carbocycles. The van der Waals surface area contributed by atoms with Crippen LogP contribution in [0.4, 0.5) is 5.69 Å². The Morgan fingerprint density at radius 1 is 0.963 bits per heavy atom. The van der Waals surface area contributed by atoms with Gasteiger partial charge in [-0.3, -0.25) is 0 Å². The summed E-state index contributed by atoms with van der Waals surface area (Å²) in [6.07, 6.45) is 0. The van der Waals surface area contributed by atoms with Gasteiger partial charge in [0.15, 0.2) is 0 Å². The molecular weight excluding hydrogens is 344 g/mol. The van der Waals surface area contributed by atoms with Crippen molar-refractivity contribution in [1.82, 2.24) is 4.98 Å². The molecule has 0 aliphatic carbocycles. The molecule has 0 spiro atoms. The highest BCUT2D eigenvalue weighted by molar-refractivity contribution is 5.92. The summed E-state index contributed by atoms with van der Waals surface area (Å²) in [5.74, 6) is -0.974. The van der Waals surface area contributed by atoms with Gasteiger partial charge in [0.25, 0.3) is 0 Å². The molecule has 0 fully saturated rings. The fourth-order valence-electron chi connectivity index (χ4n) is 2.82. The Morgan fingerprint density at radius 3 is 2.30 bits per heavy atom. The van der Waals surface area contributed by atoms with Crippen LogP contribution < -0.4 is 4.90 Å². The van der Waals surface area contributed by atoms with Crippen LogP contribution in [0.15, 0.2) is 36.4 Å². The van der Waals surface area contributed by atoms with E-state index in [-0.39, 0.29) is 18.9 Å². The summed E-state index contributed by atoms with van der Waals surface area (Å²) in [4.78, 5) is 30.6. The molecule has 27 heavy (non-hydrogen) atoms. The van der Waals surface area contributed by atoms with Crippen LogP contribution in [-0.4, -0.2) is 36.6 Å². The minimum absolute atomic E-state index is 0.159. The predicted octanol–water partition coefficient (Wildman–Crippen LogP) is 3.77. The Labute approximate surface area is 160 Å². The summed E-state index contributed by atoms with van der Waals surface area (Å²) in [5, 5.41) is 0. The molecule has 2 aromatic rings. The van der Waals surface area contributed by atoms with Crippen LogP contribution in [-0.2, 0) is 16.1 Å². The SMILES string of the molecule is CCOC(=O)c1ccc(C(=O)OCc2ccccc2N(CC)CC)nc1C. The van der Waals surface area contributed by atoms with Gasteiger partial charge in [0.05, 0.1) is 17.9 Å². The third-order valence-corrected chi connectivity index (χ3v) is 4.24. The minimum atomic E-state index is -0.525. The third-order valence-electron chi connectivity index (χ3n) is 4.24. The highest BCUT2D eigenvalue weighted by atomic mass is 16.5. The summed E-state index contributed by atoms with van der Waals surface area (Å²) < 4.78 is 10.4. The summed E-state index contributed by atoms with van der Waals surface area (Å²) in [6, 6.07) is 10.9. The van der Waals surface area contributed by atoms with Crippen LogP contribution in [0.25, 0.3) is 0 Å². The first kappa shape index (κ1) is 20.4. The van der Waals surface area contributed by atoms with E-state index in [1.54, 1.807) is 19.9 Å². The molecule has 1 heterocycles. The van der Waals surface area contributed by atoms with Crippen molar-refractivity contribution in [3.8, 4) is 0 Å². The fraction of sp³-hybridized carbons (Fsp3) is 0.381. The molecule has 1 aromatic heterocycles. The normalized spacial score (nSPS) is 10.4. The number of ether oxygens (including phenoxy) is 2. The molecule has 0 N–H and O–H groups in total.